The minimum atomic E-state index is -5.00. The average Bonchev–Trinajstić information content (AvgIpc) is 3.01. The van der Waals surface area contributed by atoms with Crippen LogP contribution >= 0.6 is 0 Å². The molecule has 9 nitrogen and oxygen atoms in total. The molecule has 0 aliphatic carbocycles. The van der Waals surface area contributed by atoms with Gasteiger partial charge in [0.2, 0.25) is 0 Å². The second kappa shape index (κ2) is 12.5. The van der Waals surface area contributed by atoms with Crippen LogP contribution in [0.4, 0.5) is 24.7 Å². The van der Waals surface area contributed by atoms with Crippen LogP contribution < -0.4 is 15.0 Å². The number of rotatable bonds is 6. The van der Waals surface area contributed by atoms with Crippen LogP contribution in [0.15, 0.2) is 60.8 Å². The summed E-state index contributed by atoms with van der Waals surface area (Å²) in [5.41, 5.74) is 1.64. The zero-order chi connectivity index (χ0) is 29.7. The van der Waals surface area contributed by atoms with E-state index in [1.165, 1.54) is 24.4 Å². The highest BCUT2D eigenvalue weighted by Gasteiger charge is 2.33. The summed E-state index contributed by atoms with van der Waals surface area (Å²) in [7, 11) is 0. The van der Waals surface area contributed by atoms with Crippen LogP contribution in [0.2, 0.25) is 0 Å². The van der Waals surface area contributed by atoms with Crippen molar-refractivity contribution in [3.8, 4) is 11.8 Å². The molecule has 0 radical (unpaired) electrons. The first-order valence-electron chi connectivity index (χ1n) is 13.5. The summed E-state index contributed by atoms with van der Waals surface area (Å²) < 4.78 is 48.8. The molecule has 218 valence electrons. The van der Waals surface area contributed by atoms with Crippen molar-refractivity contribution >= 4 is 23.3 Å². The number of ether oxygens (including phenoxy) is 2. The minimum Gasteiger partial charge on any atom is -0.404 e. The number of hydrogen-bond donors (Lipinski definition) is 1. The van der Waals surface area contributed by atoms with Gasteiger partial charge in [0.15, 0.2) is 5.75 Å². The highest BCUT2D eigenvalue weighted by atomic mass is 19.4. The number of halogens is 3. The zero-order valence-corrected chi connectivity index (χ0v) is 22.6. The largest absolute Gasteiger partial charge is 0.573 e. The van der Waals surface area contributed by atoms with Crippen LogP contribution in [0.25, 0.3) is 0 Å². The van der Waals surface area contributed by atoms with E-state index in [1.807, 2.05) is 17.0 Å². The van der Waals surface area contributed by atoms with Gasteiger partial charge in [-0.1, -0.05) is 12.1 Å². The van der Waals surface area contributed by atoms with Crippen molar-refractivity contribution in [3.63, 3.8) is 0 Å². The highest BCUT2D eigenvalue weighted by Crippen LogP contribution is 2.33. The lowest BCUT2D eigenvalue weighted by Crippen LogP contribution is -2.38. The molecule has 0 saturated carbocycles. The van der Waals surface area contributed by atoms with Crippen molar-refractivity contribution < 1.29 is 32.2 Å². The van der Waals surface area contributed by atoms with E-state index in [1.54, 1.807) is 23.1 Å². The van der Waals surface area contributed by atoms with Crippen molar-refractivity contribution in [2.24, 2.45) is 0 Å². The molecule has 2 amide bonds. The van der Waals surface area contributed by atoms with E-state index in [0.717, 1.165) is 11.6 Å². The minimum absolute atomic E-state index is 0.123. The Labute approximate surface area is 240 Å². The summed E-state index contributed by atoms with van der Waals surface area (Å²) in [4.78, 5) is 34.2. The zero-order valence-electron chi connectivity index (χ0n) is 22.6. The number of benzene rings is 2. The van der Waals surface area contributed by atoms with E-state index in [-0.39, 0.29) is 28.6 Å². The quantitative estimate of drug-likeness (QED) is 0.440. The predicted octanol–water partition coefficient (Wildman–Crippen LogP) is 4.96. The Bertz CT molecular complexity index is 1460. The first-order valence-corrected chi connectivity index (χ1v) is 13.5. The Balaban J connectivity index is 1.29. The van der Waals surface area contributed by atoms with Gasteiger partial charge in [-0.25, -0.2) is 4.98 Å². The van der Waals surface area contributed by atoms with Crippen LogP contribution in [-0.4, -0.2) is 67.5 Å². The number of piperidine rings is 1. The van der Waals surface area contributed by atoms with Crippen LogP contribution in [0.5, 0.6) is 5.75 Å². The molecule has 0 bridgehead atoms. The molecule has 3 heterocycles. The molecule has 0 spiro atoms. The van der Waals surface area contributed by atoms with Gasteiger partial charge < -0.3 is 24.6 Å². The van der Waals surface area contributed by atoms with Crippen LogP contribution in [0.3, 0.4) is 0 Å². The van der Waals surface area contributed by atoms with Gasteiger partial charge in [0.1, 0.15) is 5.82 Å². The van der Waals surface area contributed by atoms with Crippen molar-refractivity contribution in [3.05, 3.63) is 83.0 Å². The van der Waals surface area contributed by atoms with E-state index in [2.05, 4.69) is 21.1 Å². The van der Waals surface area contributed by atoms with Gasteiger partial charge in [-0.3, -0.25) is 9.59 Å². The number of aromatic nitrogens is 1. The van der Waals surface area contributed by atoms with Gasteiger partial charge in [0, 0.05) is 37.9 Å². The van der Waals surface area contributed by atoms with Gasteiger partial charge in [-0.05, 0) is 66.8 Å². The molecular formula is C30H28F3N5O4. The number of pyridine rings is 1. The molecule has 2 saturated heterocycles. The number of nitriles is 1. The van der Waals surface area contributed by atoms with Crippen molar-refractivity contribution in [2.75, 3.05) is 49.6 Å². The number of carbonyl (C=O) groups excluding carboxylic acids is 2. The van der Waals surface area contributed by atoms with Gasteiger partial charge in [-0.15, -0.1) is 13.2 Å². The summed E-state index contributed by atoms with van der Waals surface area (Å²) >= 11 is 0. The first kappa shape index (κ1) is 28.9. The Morgan fingerprint density at radius 1 is 0.976 bits per heavy atom. The van der Waals surface area contributed by atoms with Crippen molar-refractivity contribution in [2.45, 2.75) is 25.1 Å². The van der Waals surface area contributed by atoms with Gasteiger partial charge in [-0.2, -0.15) is 5.26 Å². The molecule has 12 heteroatoms. The molecule has 42 heavy (non-hydrogen) atoms. The fourth-order valence-corrected chi connectivity index (χ4v) is 5.10. The lowest BCUT2D eigenvalue weighted by Gasteiger charge is -2.32. The summed E-state index contributed by atoms with van der Waals surface area (Å²) in [5.74, 6) is -0.812. The topological polar surface area (TPSA) is 108 Å². The standard InChI is InChI=1S/C30H28F3N5O4/c31-30(32,33)42-26-7-5-23(29(40)38-11-9-22(10-12-38)21-3-1-20(18-34)2-4-21)17-25(26)36-28(39)24-6-8-27(35-19-24)37-13-15-41-16-14-37/h1-8,17,19,22H,9-16H2,(H,36,39). The molecule has 0 unspecified atom stereocenters. The molecular weight excluding hydrogens is 551 g/mol. The van der Waals surface area contributed by atoms with E-state index in [0.29, 0.717) is 63.6 Å². The van der Waals surface area contributed by atoms with Crippen LogP contribution in [0.1, 0.15) is 50.6 Å². The lowest BCUT2D eigenvalue weighted by atomic mass is 9.89. The molecule has 0 atom stereocenters. The average molecular weight is 580 g/mol. The van der Waals surface area contributed by atoms with Gasteiger partial charge in [0.25, 0.3) is 11.8 Å². The first-order chi connectivity index (χ1) is 20.2. The summed E-state index contributed by atoms with van der Waals surface area (Å²) in [5, 5.41) is 11.5. The number of nitrogens with zero attached hydrogens (tertiary/aromatic N) is 4. The third-order valence-corrected chi connectivity index (χ3v) is 7.34. The van der Waals surface area contributed by atoms with E-state index >= 15 is 0 Å². The van der Waals surface area contributed by atoms with E-state index in [4.69, 9.17) is 10.00 Å². The number of nitrogens with one attached hydrogen (secondary N) is 1. The summed E-state index contributed by atoms with van der Waals surface area (Å²) in [6.45, 7) is 3.35. The number of likely N-dealkylation sites (tertiary alicyclic amines) is 1. The maximum atomic E-state index is 13.3. The Kier molecular flexibility index (Phi) is 8.59. The molecule has 2 aromatic carbocycles. The number of alkyl halides is 3. The third-order valence-electron chi connectivity index (χ3n) is 7.34. The molecule has 3 aromatic rings. The fraction of sp³-hybridized carbons (Fsp3) is 0.333. The van der Waals surface area contributed by atoms with E-state index < -0.39 is 18.0 Å². The number of anilines is 2. The number of amides is 2. The van der Waals surface area contributed by atoms with Gasteiger partial charge >= 0.3 is 6.36 Å². The SMILES string of the molecule is N#Cc1ccc(C2CCN(C(=O)c3ccc(OC(F)(F)F)c(NC(=O)c4ccc(N5CCOCC5)nc4)c3)CC2)cc1. The molecule has 5 rings (SSSR count). The van der Waals surface area contributed by atoms with Crippen LogP contribution in [-0.2, 0) is 4.74 Å². The smallest absolute Gasteiger partial charge is 0.404 e. The highest BCUT2D eigenvalue weighted by molar-refractivity contribution is 6.06. The Morgan fingerprint density at radius 2 is 1.67 bits per heavy atom. The molecule has 2 aliphatic heterocycles. The van der Waals surface area contributed by atoms with Crippen molar-refractivity contribution in [1.82, 2.24) is 9.88 Å². The number of hydrogen-bond acceptors (Lipinski definition) is 7. The normalized spacial score (nSPS) is 16.0. The summed E-state index contributed by atoms with van der Waals surface area (Å²) in [6.07, 6.45) is -2.26. The number of carbonyl (C=O) groups is 2. The second-order valence-electron chi connectivity index (χ2n) is 10.0. The Morgan fingerprint density at radius 3 is 2.29 bits per heavy atom. The van der Waals surface area contributed by atoms with Crippen molar-refractivity contribution in [1.29, 1.82) is 5.26 Å². The third kappa shape index (κ3) is 6.98. The lowest BCUT2D eigenvalue weighted by molar-refractivity contribution is -0.274. The predicted molar refractivity (Wildman–Crippen MR) is 147 cm³/mol. The maximum absolute atomic E-state index is 13.3. The summed E-state index contributed by atoms with van der Waals surface area (Å²) in [6, 6.07) is 16.1. The maximum Gasteiger partial charge on any atom is 0.573 e. The van der Waals surface area contributed by atoms with E-state index in [9.17, 15) is 22.8 Å². The molecule has 2 aliphatic rings. The molecule has 2 fully saturated rings. The molecule has 1 aromatic heterocycles. The Hall–Kier alpha value is -4.63. The number of morpholine rings is 1. The molecule has 1 N–H and O–H groups in total. The monoisotopic (exact) mass is 579 g/mol. The fourth-order valence-electron chi connectivity index (χ4n) is 5.10. The second-order valence-corrected chi connectivity index (χ2v) is 10.0. The van der Waals surface area contributed by atoms with Crippen LogP contribution in [0, 0.1) is 11.3 Å². The van der Waals surface area contributed by atoms with Gasteiger partial charge in [0.05, 0.1) is 36.1 Å².